The van der Waals surface area contributed by atoms with E-state index in [4.69, 9.17) is 4.74 Å². The molecule has 2 amide bonds. The third-order valence-corrected chi connectivity index (χ3v) is 7.02. The molecule has 7 heteroatoms. The molecule has 2 aromatic carbocycles. The fourth-order valence-electron chi connectivity index (χ4n) is 4.30. The smallest absolute Gasteiger partial charge is 0.242 e. The summed E-state index contributed by atoms with van der Waals surface area (Å²) in [6.07, 6.45) is 1.80. The number of benzene rings is 2. The Morgan fingerprint density at radius 3 is 2.65 bits per heavy atom. The van der Waals surface area contributed by atoms with Crippen LogP contribution in [0.2, 0.25) is 0 Å². The number of hydrogen-bond acceptors (Lipinski definition) is 4. The molecule has 0 bridgehead atoms. The lowest BCUT2D eigenvalue weighted by molar-refractivity contribution is -0.142. The number of para-hydroxylation sites is 1. The molecule has 1 atom stereocenters. The van der Waals surface area contributed by atoms with Crippen LogP contribution < -0.4 is 4.74 Å². The second-order valence-electron chi connectivity index (χ2n) is 8.37. The van der Waals surface area contributed by atoms with Gasteiger partial charge in [0.25, 0.3) is 0 Å². The summed E-state index contributed by atoms with van der Waals surface area (Å²) in [4.78, 5) is 31.1. The summed E-state index contributed by atoms with van der Waals surface area (Å²) in [5.41, 5.74) is 1.97. The van der Waals surface area contributed by atoms with Crippen molar-refractivity contribution in [2.45, 2.75) is 32.2 Å². The third kappa shape index (κ3) is 5.65. The highest BCUT2D eigenvalue weighted by molar-refractivity contribution is 7.10. The number of amides is 2. The van der Waals surface area contributed by atoms with Crippen LogP contribution in [0.15, 0.2) is 66.0 Å². The molecule has 4 rings (SSSR count). The molecule has 0 N–H and O–H groups in total. The average Bonchev–Trinajstić information content (AvgIpc) is 3.33. The Hall–Kier alpha value is -3.19. The van der Waals surface area contributed by atoms with Crippen molar-refractivity contribution in [2.75, 3.05) is 26.2 Å². The van der Waals surface area contributed by atoms with E-state index in [1.54, 1.807) is 39.3 Å². The Balaban J connectivity index is 1.48. The van der Waals surface area contributed by atoms with Gasteiger partial charge in [0.2, 0.25) is 11.8 Å². The Kier molecular flexibility index (Phi) is 7.95. The van der Waals surface area contributed by atoms with E-state index < -0.39 is 5.82 Å². The maximum Gasteiger partial charge on any atom is 0.242 e. The number of carbonyl (C=O) groups excluding carboxylic acids is 2. The molecule has 0 saturated carbocycles. The van der Waals surface area contributed by atoms with Crippen molar-refractivity contribution in [1.82, 2.24) is 9.80 Å². The minimum Gasteiger partial charge on any atom is -0.488 e. The maximum absolute atomic E-state index is 14.1. The standard InChI is InChI=1S/C27H29FN2O3S/c1-2-14-29(26(31)17-20-8-4-3-5-9-20)18-27(32)30-15-12-25-21(13-16-34-25)23(30)19-33-24-11-7-6-10-22(24)28/h3-11,13,16,23H,2,12,14-15,17-19H2,1H3/t23-/m1/s1. The van der Waals surface area contributed by atoms with E-state index in [1.807, 2.05) is 48.7 Å². The molecule has 178 valence electrons. The van der Waals surface area contributed by atoms with Crippen LogP contribution >= 0.6 is 11.3 Å². The molecular weight excluding hydrogens is 451 g/mol. The molecule has 0 radical (unpaired) electrons. The molecule has 0 fully saturated rings. The van der Waals surface area contributed by atoms with Crippen molar-refractivity contribution in [2.24, 2.45) is 0 Å². The van der Waals surface area contributed by atoms with Crippen LogP contribution in [-0.4, -0.2) is 47.9 Å². The molecule has 0 spiro atoms. The fourth-order valence-corrected chi connectivity index (χ4v) is 5.23. The molecule has 5 nitrogen and oxygen atoms in total. The van der Waals surface area contributed by atoms with Gasteiger partial charge in [-0.25, -0.2) is 4.39 Å². The highest BCUT2D eigenvalue weighted by atomic mass is 32.1. The van der Waals surface area contributed by atoms with Crippen LogP contribution in [0.4, 0.5) is 4.39 Å². The zero-order chi connectivity index (χ0) is 23.9. The topological polar surface area (TPSA) is 49.9 Å². The highest BCUT2D eigenvalue weighted by Gasteiger charge is 2.33. The number of halogens is 1. The van der Waals surface area contributed by atoms with Crippen molar-refractivity contribution in [3.63, 3.8) is 0 Å². The molecular formula is C27H29FN2O3S. The Morgan fingerprint density at radius 2 is 1.88 bits per heavy atom. The van der Waals surface area contributed by atoms with E-state index in [9.17, 15) is 14.0 Å². The first kappa shape index (κ1) is 24.0. The first-order valence-electron chi connectivity index (χ1n) is 11.6. The second-order valence-corrected chi connectivity index (χ2v) is 9.37. The third-order valence-electron chi connectivity index (χ3n) is 6.02. The normalized spacial score (nSPS) is 15.0. The predicted octanol–water partition coefficient (Wildman–Crippen LogP) is 4.87. The molecule has 2 heterocycles. The van der Waals surface area contributed by atoms with Gasteiger partial charge >= 0.3 is 0 Å². The summed E-state index contributed by atoms with van der Waals surface area (Å²) in [7, 11) is 0. The van der Waals surface area contributed by atoms with Gasteiger partial charge in [-0.05, 0) is 47.5 Å². The molecule has 34 heavy (non-hydrogen) atoms. The van der Waals surface area contributed by atoms with Gasteiger partial charge in [0, 0.05) is 18.0 Å². The second kappa shape index (κ2) is 11.3. The molecule has 0 unspecified atom stereocenters. The van der Waals surface area contributed by atoms with E-state index in [1.165, 1.54) is 10.9 Å². The molecule has 1 aliphatic heterocycles. The highest BCUT2D eigenvalue weighted by Crippen LogP contribution is 2.34. The molecule has 3 aromatic rings. The van der Waals surface area contributed by atoms with Crippen LogP contribution in [0.25, 0.3) is 0 Å². The summed E-state index contributed by atoms with van der Waals surface area (Å²) in [5.74, 6) is -0.437. The van der Waals surface area contributed by atoms with Crippen LogP contribution in [0.3, 0.4) is 0 Å². The number of ether oxygens (including phenoxy) is 1. The van der Waals surface area contributed by atoms with Crippen LogP contribution in [-0.2, 0) is 22.4 Å². The summed E-state index contributed by atoms with van der Waals surface area (Å²) in [5, 5.41) is 2.02. The lowest BCUT2D eigenvalue weighted by Crippen LogP contribution is -2.48. The Labute approximate surface area is 203 Å². The monoisotopic (exact) mass is 480 g/mol. The zero-order valence-corrected chi connectivity index (χ0v) is 20.1. The van der Waals surface area contributed by atoms with Gasteiger partial charge in [0.1, 0.15) is 6.61 Å². The fraction of sp³-hybridized carbons (Fsp3) is 0.333. The van der Waals surface area contributed by atoms with Crippen LogP contribution in [0.5, 0.6) is 5.75 Å². The number of hydrogen-bond donors (Lipinski definition) is 0. The van der Waals surface area contributed by atoms with Gasteiger partial charge in [0.15, 0.2) is 11.6 Å². The largest absolute Gasteiger partial charge is 0.488 e. The molecule has 1 aromatic heterocycles. The van der Waals surface area contributed by atoms with Gasteiger partial charge in [-0.3, -0.25) is 9.59 Å². The minimum absolute atomic E-state index is 0.0230. The van der Waals surface area contributed by atoms with Crippen molar-refractivity contribution < 1.29 is 18.7 Å². The number of carbonyl (C=O) groups is 2. The number of nitrogens with zero attached hydrogens (tertiary/aromatic N) is 2. The van der Waals surface area contributed by atoms with Crippen molar-refractivity contribution in [1.29, 1.82) is 0 Å². The number of rotatable bonds is 9. The molecule has 0 aliphatic carbocycles. The van der Waals surface area contributed by atoms with Crippen LogP contribution in [0, 0.1) is 5.82 Å². The van der Waals surface area contributed by atoms with Crippen LogP contribution in [0.1, 0.15) is 35.4 Å². The lowest BCUT2D eigenvalue weighted by atomic mass is 10.0. The summed E-state index contributed by atoms with van der Waals surface area (Å²) >= 11 is 1.66. The number of fused-ring (bicyclic) bond motifs is 1. The summed E-state index contributed by atoms with van der Waals surface area (Å²) in [6, 6.07) is 17.5. The minimum atomic E-state index is -0.428. The summed E-state index contributed by atoms with van der Waals surface area (Å²) in [6.45, 7) is 3.24. The lowest BCUT2D eigenvalue weighted by Gasteiger charge is -2.37. The van der Waals surface area contributed by atoms with E-state index in [0.29, 0.717) is 13.1 Å². The molecule has 1 aliphatic rings. The van der Waals surface area contributed by atoms with E-state index in [-0.39, 0.29) is 43.2 Å². The van der Waals surface area contributed by atoms with Gasteiger partial charge in [-0.15, -0.1) is 11.3 Å². The first-order chi connectivity index (χ1) is 16.6. The van der Waals surface area contributed by atoms with Crippen molar-refractivity contribution >= 4 is 23.2 Å². The Morgan fingerprint density at radius 1 is 1.12 bits per heavy atom. The first-order valence-corrected chi connectivity index (χ1v) is 12.5. The van der Waals surface area contributed by atoms with Crippen molar-refractivity contribution in [3.8, 4) is 5.75 Å². The molecule has 0 saturated heterocycles. The maximum atomic E-state index is 14.1. The van der Waals surface area contributed by atoms with Gasteiger partial charge in [-0.1, -0.05) is 49.4 Å². The van der Waals surface area contributed by atoms with E-state index in [0.717, 1.165) is 24.0 Å². The number of thiophene rings is 1. The SMILES string of the molecule is CCCN(CC(=O)N1CCc2sccc2[C@H]1COc1ccccc1F)C(=O)Cc1ccccc1. The summed E-state index contributed by atoms with van der Waals surface area (Å²) < 4.78 is 19.9. The van der Waals surface area contributed by atoms with E-state index >= 15 is 0 Å². The Bertz CT molecular complexity index is 1120. The average molecular weight is 481 g/mol. The zero-order valence-electron chi connectivity index (χ0n) is 19.3. The predicted molar refractivity (Wildman–Crippen MR) is 131 cm³/mol. The van der Waals surface area contributed by atoms with Crippen molar-refractivity contribution in [3.05, 3.63) is 87.9 Å². The quantitative estimate of drug-likeness (QED) is 0.439. The van der Waals surface area contributed by atoms with Gasteiger partial charge in [0.05, 0.1) is 19.0 Å². The van der Waals surface area contributed by atoms with E-state index in [2.05, 4.69) is 0 Å². The van der Waals surface area contributed by atoms with Gasteiger partial charge in [-0.2, -0.15) is 0 Å². The van der Waals surface area contributed by atoms with Gasteiger partial charge < -0.3 is 14.5 Å².